The minimum atomic E-state index is -3.35. The molecule has 1 amide bonds. The number of carbonyl (C=O) groups is 1. The number of rotatable bonds is 10. The lowest BCUT2D eigenvalue weighted by Crippen LogP contribution is -2.46. The van der Waals surface area contributed by atoms with Gasteiger partial charge in [-0.15, -0.1) is 0 Å². The van der Waals surface area contributed by atoms with Crippen molar-refractivity contribution in [2.24, 2.45) is 17.8 Å². The number of carbonyl (C=O) groups excluding carboxylic acids is 1. The average Bonchev–Trinajstić information content (AvgIpc) is 3.30. The standard InChI is InChI=1S/C30H42FIN3O4PS/c1-5-41(38,39)25-12-10-23(11-13-25)29(4,18-36)34-28(37)21-14-22-17-35(27(19(2)3)26(22)33-15-21)16-20-6-8-24(9-7-20)30(31,32)40/h10-15,19-20,24,27,36H,5-9,16-18,40H2,1-4H3,(H,34,37)/t20?,24?,27-,29?,30?/m1/s1. The molecule has 2 aromatic rings. The SMILES string of the molecule is CCS(=O)(=O)c1ccc(C(C)(CO)NC(=O)c2cnc3c(c2)CN(CC2CCC(C(F)(P)I)CC2)[C@@H]3C(C)C)cc1. The lowest BCUT2D eigenvalue weighted by Gasteiger charge is -2.36. The molecule has 41 heavy (non-hydrogen) atoms. The molecule has 0 spiro atoms. The van der Waals surface area contributed by atoms with E-state index in [0.717, 1.165) is 43.5 Å². The second-order valence-electron chi connectivity index (χ2n) is 12.2. The van der Waals surface area contributed by atoms with Crippen LogP contribution < -0.4 is 5.32 Å². The number of nitrogens with zero attached hydrogens (tertiary/aromatic N) is 2. The summed E-state index contributed by atoms with van der Waals surface area (Å²) in [6.07, 6.45) is 5.41. The van der Waals surface area contributed by atoms with Gasteiger partial charge >= 0.3 is 0 Å². The van der Waals surface area contributed by atoms with Gasteiger partial charge in [0.1, 0.15) is 0 Å². The number of fused-ring (bicyclic) bond motifs is 1. The van der Waals surface area contributed by atoms with E-state index in [-0.39, 0.29) is 35.1 Å². The Bertz CT molecular complexity index is 1340. The van der Waals surface area contributed by atoms with E-state index in [4.69, 9.17) is 4.98 Å². The number of amides is 1. The Labute approximate surface area is 259 Å². The Hall–Kier alpha value is -1.20. The Morgan fingerprint density at radius 1 is 1.24 bits per heavy atom. The van der Waals surface area contributed by atoms with Crippen LogP contribution in [-0.2, 0) is 21.9 Å². The van der Waals surface area contributed by atoms with Crippen LogP contribution in [0.2, 0.25) is 0 Å². The number of hydrogen-bond acceptors (Lipinski definition) is 6. The Balaban J connectivity index is 1.48. The van der Waals surface area contributed by atoms with Gasteiger partial charge in [0.2, 0.25) is 0 Å². The van der Waals surface area contributed by atoms with Gasteiger partial charge in [0.15, 0.2) is 13.3 Å². The number of hydrogen-bond donors (Lipinski definition) is 2. The third kappa shape index (κ3) is 7.31. The molecule has 1 saturated carbocycles. The summed E-state index contributed by atoms with van der Waals surface area (Å²) in [7, 11) is -0.995. The molecular weight excluding hydrogens is 675 g/mol. The summed E-state index contributed by atoms with van der Waals surface area (Å²) < 4.78 is 37.6. The van der Waals surface area contributed by atoms with Crippen LogP contribution in [0.15, 0.2) is 41.4 Å². The Morgan fingerprint density at radius 3 is 2.41 bits per heavy atom. The number of pyridine rings is 1. The third-order valence-corrected chi connectivity index (χ3v) is 11.9. The summed E-state index contributed by atoms with van der Waals surface area (Å²) in [6, 6.07) is 8.34. The highest BCUT2D eigenvalue weighted by Crippen LogP contribution is 2.47. The number of aliphatic hydroxyl groups is 1. The van der Waals surface area contributed by atoms with E-state index >= 15 is 0 Å². The van der Waals surface area contributed by atoms with Gasteiger partial charge in [-0.05, 0) is 96.4 Å². The molecule has 1 aromatic heterocycles. The van der Waals surface area contributed by atoms with Crippen molar-refractivity contribution in [3.05, 3.63) is 58.9 Å². The van der Waals surface area contributed by atoms with Gasteiger partial charge in [0.05, 0.1) is 40.1 Å². The first-order valence-corrected chi connectivity index (χ1v) is 17.7. The minimum absolute atomic E-state index is 0.00164. The fraction of sp³-hybridized carbons (Fsp3) is 0.600. The fourth-order valence-corrected chi connectivity index (χ4v) is 8.07. The van der Waals surface area contributed by atoms with E-state index in [2.05, 4.69) is 33.3 Å². The molecule has 0 bridgehead atoms. The Morgan fingerprint density at radius 2 is 1.88 bits per heavy atom. The van der Waals surface area contributed by atoms with Crippen LogP contribution in [0.3, 0.4) is 0 Å². The van der Waals surface area contributed by atoms with Gasteiger partial charge in [-0.1, -0.05) is 42.1 Å². The van der Waals surface area contributed by atoms with Crippen LogP contribution >= 0.6 is 31.8 Å². The van der Waals surface area contributed by atoms with Crippen LogP contribution in [0.5, 0.6) is 0 Å². The zero-order valence-electron chi connectivity index (χ0n) is 24.2. The number of halogens is 2. The largest absolute Gasteiger partial charge is 0.394 e. The number of sulfone groups is 1. The highest BCUT2D eigenvalue weighted by Gasteiger charge is 2.39. The molecule has 1 aromatic carbocycles. The van der Waals surface area contributed by atoms with E-state index in [9.17, 15) is 22.7 Å². The van der Waals surface area contributed by atoms with Crippen molar-refractivity contribution in [3.8, 4) is 0 Å². The minimum Gasteiger partial charge on any atom is -0.394 e. The number of aliphatic hydroxyl groups excluding tert-OH is 1. The van der Waals surface area contributed by atoms with Crippen molar-refractivity contribution >= 4 is 47.6 Å². The quantitative estimate of drug-likeness (QED) is 0.184. The van der Waals surface area contributed by atoms with Gasteiger partial charge in [-0.2, -0.15) is 0 Å². The molecule has 0 saturated heterocycles. The first kappa shape index (κ1) is 32.7. The van der Waals surface area contributed by atoms with Crippen LogP contribution in [0, 0.1) is 17.8 Å². The van der Waals surface area contributed by atoms with Crippen LogP contribution in [0.25, 0.3) is 0 Å². The molecular formula is C30H42FIN3O4PS. The monoisotopic (exact) mass is 717 g/mol. The van der Waals surface area contributed by atoms with E-state index in [1.807, 2.05) is 28.7 Å². The molecule has 0 radical (unpaired) electrons. The normalized spacial score (nSPS) is 24.5. The van der Waals surface area contributed by atoms with Crippen LogP contribution in [0.1, 0.15) is 86.6 Å². The molecule has 2 heterocycles. The summed E-state index contributed by atoms with van der Waals surface area (Å²) in [5.74, 6) is 0.578. The van der Waals surface area contributed by atoms with Gasteiger partial charge in [0, 0.05) is 25.2 Å². The van der Waals surface area contributed by atoms with Crippen molar-refractivity contribution in [2.75, 3.05) is 18.9 Å². The highest BCUT2D eigenvalue weighted by molar-refractivity contribution is 14.1. The summed E-state index contributed by atoms with van der Waals surface area (Å²) in [4.78, 5) is 20.8. The molecule has 2 N–H and O–H groups in total. The van der Waals surface area contributed by atoms with Gasteiger partial charge in [0.25, 0.3) is 5.91 Å². The molecule has 3 unspecified atom stereocenters. The highest BCUT2D eigenvalue weighted by atomic mass is 127. The maximum atomic E-state index is 14.4. The van der Waals surface area contributed by atoms with E-state index in [1.165, 1.54) is 12.1 Å². The molecule has 7 nitrogen and oxygen atoms in total. The van der Waals surface area contributed by atoms with Crippen molar-refractivity contribution in [1.82, 2.24) is 15.2 Å². The maximum Gasteiger partial charge on any atom is 0.253 e. The fourth-order valence-electron chi connectivity index (χ4n) is 6.23. The summed E-state index contributed by atoms with van der Waals surface area (Å²) in [5, 5.41) is 13.2. The summed E-state index contributed by atoms with van der Waals surface area (Å²) in [6.45, 7) is 8.96. The smallest absolute Gasteiger partial charge is 0.253 e. The maximum absolute atomic E-state index is 14.4. The number of aromatic nitrogens is 1. The summed E-state index contributed by atoms with van der Waals surface area (Å²) >= 11 is 1.90. The van der Waals surface area contributed by atoms with Crippen molar-refractivity contribution in [3.63, 3.8) is 0 Å². The number of benzene rings is 1. The van der Waals surface area contributed by atoms with Crippen molar-refractivity contribution in [1.29, 1.82) is 0 Å². The molecule has 226 valence electrons. The lowest BCUT2D eigenvalue weighted by atomic mass is 9.82. The number of alkyl halides is 2. The average molecular weight is 718 g/mol. The van der Waals surface area contributed by atoms with Gasteiger partial charge < -0.3 is 10.4 Å². The summed E-state index contributed by atoms with van der Waals surface area (Å²) in [5.41, 5.74) is 1.95. The molecule has 4 rings (SSSR count). The lowest BCUT2D eigenvalue weighted by molar-refractivity contribution is 0.0849. The zero-order chi connectivity index (χ0) is 30.2. The van der Waals surface area contributed by atoms with E-state index < -0.39 is 18.8 Å². The van der Waals surface area contributed by atoms with Crippen molar-refractivity contribution < 1.29 is 22.7 Å². The molecule has 11 heteroatoms. The first-order chi connectivity index (χ1) is 19.2. The zero-order valence-corrected chi connectivity index (χ0v) is 28.4. The van der Waals surface area contributed by atoms with Gasteiger partial charge in [-0.3, -0.25) is 14.7 Å². The van der Waals surface area contributed by atoms with Crippen LogP contribution in [-0.4, -0.2) is 51.6 Å². The van der Waals surface area contributed by atoms with Crippen LogP contribution in [0.4, 0.5) is 4.39 Å². The topological polar surface area (TPSA) is 99.6 Å². The predicted octanol–water partition coefficient (Wildman–Crippen LogP) is 5.77. The van der Waals surface area contributed by atoms with E-state index in [1.54, 1.807) is 32.2 Å². The number of nitrogens with one attached hydrogen (secondary N) is 1. The molecule has 1 fully saturated rings. The predicted molar refractivity (Wildman–Crippen MR) is 171 cm³/mol. The van der Waals surface area contributed by atoms with Gasteiger partial charge in [-0.25, -0.2) is 12.8 Å². The van der Waals surface area contributed by atoms with E-state index in [0.29, 0.717) is 29.5 Å². The first-order valence-electron chi connectivity index (χ1n) is 14.3. The second-order valence-corrected chi connectivity index (χ2v) is 18.1. The second kappa shape index (κ2) is 12.8. The third-order valence-electron chi connectivity index (χ3n) is 8.76. The molecule has 2 aliphatic rings. The molecule has 1 aliphatic carbocycles. The molecule has 1 aliphatic heterocycles. The molecule has 4 atom stereocenters. The van der Waals surface area contributed by atoms with Crippen molar-refractivity contribution in [2.45, 2.75) is 79.8 Å². The Kier molecular flexibility index (Phi) is 10.2.